The largest absolute Gasteiger partial charge is 0.508 e. The Labute approximate surface area is 225 Å². The van der Waals surface area contributed by atoms with Crippen molar-refractivity contribution < 1.29 is 20.4 Å². The minimum absolute atomic E-state index is 0.256. The molecule has 4 N–H and O–H groups in total. The van der Waals surface area contributed by atoms with Crippen molar-refractivity contribution >= 4 is 0 Å². The van der Waals surface area contributed by atoms with Crippen molar-refractivity contribution in [1.29, 1.82) is 0 Å². The average Bonchev–Trinajstić information content (AvgIpc) is 2.92. The molecule has 38 heavy (non-hydrogen) atoms. The number of hydrogen-bond acceptors (Lipinski definition) is 4. The molecule has 4 nitrogen and oxygen atoms in total. The highest BCUT2D eigenvalue weighted by Gasteiger charge is 2.10. The van der Waals surface area contributed by atoms with Crippen LogP contribution in [0.1, 0.15) is 71.2 Å². The Hall–Kier alpha value is -3.92. The van der Waals surface area contributed by atoms with E-state index in [4.69, 9.17) is 0 Å². The van der Waals surface area contributed by atoms with Gasteiger partial charge in [0, 0.05) is 12.8 Å². The Kier molecular flexibility index (Phi) is 8.96. The van der Waals surface area contributed by atoms with Crippen LogP contribution in [0.3, 0.4) is 0 Å². The van der Waals surface area contributed by atoms with Crippen LogP contribution in [0.25, 0.3) is 0 Å². The maximum absolute atomic E-state index is 10.4. The Bertz CT molecular complexity index is 1390. The van der Waals surface area contributed by atoms with Gasteiger partial charge in [0.2, 0.25) is 0 Å². The first kappa shape index (κ1) is 27.1. The Morgan fingerprint density at radius 3 is 1.32 bits per heavy atom. The molecule has 0 aliphatic heterocycles. The van der Waals surface area contributed by atoms with E-state index in [0.717, 1.165) is 66.3 Å². The lowest BCUT2D eigenvalue weighted by molar-refractivity contribution is 0.462. The molecule has 4 aromatic rings. The standard InChI is InChI=1S/C34H38O4/c1-3-23-9-13-33(37)29(17-23)22-30-19-25(11-15-34(30)38)8-6-5-7-24-10-14-32(36)28(18-24)21-26-12-16-31(35)27(4-2)20-26/h9-20,35-38H,3-8,21-22H2,1-2H3. The summed E-state index contributed by atoms with van der Waals surface area (Å²) < 4.78 is 0. The van der Waals surface area contributed by atoms with E-state index in [1.54, 1.807) is 24.3 Å². The molecule has 0 saturated carbocycles. The second-order valence-electron chi connectivity index (χ2n) is 10.1. The number of rotatable bonds is 11. The molecule has 0 heterocycles. The van der Waals surface area contributed by atoms with E-state index < -0.39 is 0 Å². The predicted octanol–water partition coefficient (Wildman–Crippen LogP) is 7.38. The van der Waals surface area contributed by atoms with Crippen molar-refractivity contribution in [3.63, 3.8) is 0 Å². The molecular formula is C34H38O4. The molecule has 0 aliphatic rings. The van der Waals surface area contributed by atoms with Crippen LogP contribution in [0.4, 0.5) is 0 Å². The highest BCUT2D eigenvalue weighted by Crippen LogP contribution is 2.29. The van der Waals surface area contributed by atoms with Gasteiger partial charge in [0.25, 0.3) is 0 Å². The summed E-state index contributed by atoms with van der Waals surface area (Å²) in [6, 6.07) is 23.0. The monoisotopic (exact) mass is 510 g/mol. The zero-order valence-corrected chi connectivity index (χ0v) is 22.4. The number of aryl methyl sites for hydroxylation is 4. The van der Waals surface area contributed by atoms with Crippen LogP contribution in [0.15, 0.2) is 72.8 Å². The Morgan fingerprint density at radius 1 is 0.421 bits per heavy atom. The average molecular weight is 511 g/mol. The molecule has 0 atom stereocenters. The molecule has 4 rings (SSSR count). The van der Waals surface area contributed by atoms with Gasteiger partial charge in [-0.25, -0.2) is 0 Å². The third kappa shape index (κ3) is 6.89. The number of phenols is 4. The van der Waals surface area contributed by atoms with Gasteiger partial charge in [0.1, 0.15) is 23.0 Å². The smallest absolute Gasteiger partial charge is 0.119 e. The van der Waals surface area contributed by atoms with E-state index in [9.17, 15) is 20.4 Å². The van der Waals surface area contributed by atoms with E-state index in [2.05, 4.69) is 13.0 Å². The van der Waals surface area contributed by atoms with Crippen molar-refractivity contribution in [2.24, 2.45) is 0 Å². The van der Waals surface area contributed by atoms with Crippen LogP contribution in [0.5, 0.6) is 23.0 Å². The fourth-order valence-electron chi connectivity index (χ4n) is 4.99. The van der Waals surface area contributed by atoms with Crippen LogP contribution in [-0.2, 0) is 38.5 Å². The molecule has 4 aromatic carbocycles. The van der Waals surface area contributed by atoms with Gasteiger partial charge in [0.05, 0.1) is 0 Å². The highest BCUT2D eigenvalue weighted by molar-refractivity contribution is 5.45. The van der Waals surface area contributed by atoms with Gasteiger partial charge in [-0.2, -0.15) is 0 Å². The summed E-state index contributed by atoms with van der Waals surface area (Å²) in [5.41, 5.74) is 8.09. The molecule has 0 bridgehead atoms. The van der Waals surface area contributed by atoms with Gasteiger partial charge in [-0.15, -0.1) is 0 Å². The normalized spacial score (nSPS) is 11.1. The van der Waals surface area contributed by atoms with Gasteiger partial charge in [-0.1, -0.05) is 62.4 Å². The first-order chi connectivity index (χ1) is 18.4. The first-order valence-corrected chi connectivity index (χ1v) is 13.6. The summed E-state index contributed by atoms with van der Waals surface area (Å²) >= 11 is 0. The second kappa shape index (κ2) is 12.6. The van der Waals surface area contributed by atoms with Gasteiger partial charge < -0.3 is 20.4 Å². The maximum Gasteiger partial charge on any atom is 0.119 e. The Balaban J connectivity index is 1.35. The molecular weight excluding hydrogens is 472 g/mol. The lowest BCUT2D eigenvalue weighted by Crippen LogP contribution is -1.96. The number of benzene rings is 4. The number of unbranched alkanes of at least 4 members (excludes halogenated alkanes) is 1. The first-order valence-electron chi connectivity index (χ1n) is 13.6. The molecule has 0 unspecified atom stereocenters. The van der Waals surface area contributed by atoms with Crippen molar-refractivity contribution in [2.45, 2.75) is 65.2 Å². The summed E-state index contributed by atoms with van der Waals surface area (Å²) in [6.07, 6.45) is 6.64. The second-order valence-corrected chi connectivity index (χ2v) is 10.1. The van der Waals surface area contributed by atoms with E-state index in [-0.39, 0.29) is 11.5 Å². The molecule has 0 fully saturated rings. The summed E-state index contributed by atoms with van der Waals surface area (Å²) in [5, 5.41) is 41.1. The Morgan fingerprint density at radius 2 is 0.816 bits per heavy atom. The van der Waals surface area contributed by atoms with Crippen molar-refractivity contribution in [2.75, 3.05) is 0 Å². The number of hydrogen-bond donors (Lipinski definition) is 4. The highest BCUT2D eigenvalue weighted by atomic mass is 16.3. The van der Waals surface area contributed by atoms with E-state index >= 15 is 0 Å². The van der Waals surface area contributed by atoms with Crippen LogP contribution >= 0.6 is 0 Å². The fraction of sp³-hybridized carbons (Fsp3) is 0.294. The molecule has 0 aromatic heterocycles. The number of phenolic OH excluding ortho intramolecular Hbond substituents is 4. The minimum Gasteiger partial charge on any atom is -0.508 e. The lowest BCUT2D eigenvalue weighted by Gasteiger charge is -2.11. The summed E-state index contributed by atoms with van der Waals surface area (Å²) in [7, 11) is 0. The fourth-order valence-corrected chi connectivity index (χ4v) is 4.99. The molecule has 0 aliphatic carbocycles. The van der Waals surface area contributed by atoms with E-state index in [1.807, 2.05) is 49.4 Å². The van der Waals surface area contributed by atoms with E-state index in [1.165, 1.54) is 16.7 Å². The van der Waals surface area contributed by atoms with Gasteiger partial charge in [-0.3, -0.25) is 0 Å². The van der Waals surface area contributed by atoms with Crippen LogP contribution in [-0.4, -0.2) is 20.4 Å². The van der Waals surface area contributed by atoms with Crippen molar-refractivity contribution in [3.05, 3.63) is 117 Å². The van der Waals surface area contributed by atoms with E-state index in [0.29, 0.717) is 24.3 Å². The van der Waals surface area contributed by atoms with Gasteiger partial charge >= 0.3 is 0 Å². The number of aromatic hydroxyl groups is 4. The van der Waals surface area contributed by atoms with Crippen LogP contribution in [0, 0.1) is 0 Å². The third-order valence-electron chi connectivity index (χ3n) is 7.32. The minimum atomic E-state index is 0.256. The molecule has 0 amide bonds. The van der Waals surface area contributed by atoms with Crippen molar-refractivity contribution in [3.8, 4) is 23.0 Å². The SMILES string of the molecule is CCc1ccc(O)c(Cc2cc(CCCCc3ccc(O)c(Cc4ccc(O)c(CC)c4)c3)ccc2O)c1. The molecule has 0 saturated heterocycles. The molecule has 4 heteroatoms. The zero-order valence-electron chi connectivity index (χ0n) is 22.4. The zero-order chi connectivity index (χ0) is 27.1. The van der Waals surface area contributed by atoms with Crippen LogP contribution < -0.4 is 0 Å². The predicted molar refractivity (Wildman–Crippen MR) is 153 cm³/mol. The van der Waals surface area contributed by atoms with Gasteiger partial charge in [0.15, 0.2) is 0 Å². The summed E-state index contributed by atoms with van der Waals surface area (Å²) in [5.74, 6) is 1.13. The van der Waals surface area contributed by atoms with Crippen LogP contribution in [0.2, 0.25) is 0 Å². The van der Waals surface area contributed by atoms with Gasteiger partial charge in [-0.05, 0) is 107 Å². The molecule has 198 valence electrons. The third-order valence-corrected chi connectivity index (χ3v) is 7.32. The molecule has 0 spiro atoms. The summed E-state index contributed by atoms with van der Waals surface area (Å²) in [4.78, 5) is 0. The summed E-state index contributed by atoms with van der Waals surface area (Å²) in [6.45, 7) is 4.11. The topological polar surface area (TPSA) is 80.9 Å². The molecule has 0 radical (unpaired) electrons. The maximum atomic E-state index is 10.4. The lowest BCUT2D eigenvalue weighted by atomic mass is 9.96. The van der Waals surface area contributed by atoms with Crippen molar-refractivity contribution in [1.82, 2.24) is 0 Å². The quantitative estimate of drug-likeness (QED) is 0.159.